The van der Waals surface area contributed by atoms with Crippen molar-refractivity contribution >= 4 is 11.9 Å². The van der Waals surface area contributed by atoms with Crippen molar-refractivity contribution in [1.82, 2.24) is 4.90 Å². The number of aliphatic carboxylic acids is 1. The van der Waals surface area contributed by atoms with Crippen LogP contribution in [-0.2, 0) is 14.3 Å². The molecule has 1 atom stereocenters. The minimum absolute atomic E-state index is 0.0405. The van der Waals surface area contributed by atoms with Crippen LogP contribution in [0.15, 0.2) is 24.3 Å². The second-order valence-corrected chi connectivity index (χ2v) is 5.52. The van der Waals surface area contributed by atoms with Gasteiger partial charge in [0.1, 0.15) is 13.3 Å². The first kappa shape index (κ1) is 18.1. The molecule has 1 heterocycles. The molecule has 1 aliphatic heterocycles. The Balaban J connectivity index is 1.91. The number of carboxylic acid groups (broad SMARTS) is 1. The molecule has 0 bridgehead atoms. The molecule has 1 aromatic carbocycles. The second kappa shape index (κ2) is 9.12. The van der Waals surface area contributed by atoms with Crippen molar-refractivity contribution in [3.63, 3.8) is 0 Å². The highest BCUT2D eigenvalue weighted by Crippen LogP contribution is 2.27. The largest absolute Gasteiger partial charge is 0.490 e. The molecule has 1 saturated heterocycles. The molecule has 2 rings (SSSR count). The van der Waals surface area contributed by atoms with E-state index in [1.807, 2.05) is 31.2 Å². The molecule has 7 nitrogen and oxygen atoms in total. The molecule has 132 valence electrons. The van der Waals surface area contributed by atoms with Crippen LogP contribution in [0.5, 0.6) is 11.5 Å². The lowest BCUT2D eigenvalue weighted by atomic mass is 10.0. The summed E-state index contributed by atoms with van der Waals surface area (Å²) in [5.41, 5.74) is 0. The predicted molar refractivity (Wildman–Crippen MR) is 86.0 cm³/mol. The highest BCUT2D eigenvalue weighted by molar-refractivity contribution is 6.28. The van der Waals surface area contributed by atoms with Crippen LogP contribution in [-0.4, -0.2) is 54.5 Å². The second-order valence-electron chi connectivity index (χ2n) is 5.52. The summed E-state index contributed by atoms with van der Waals surface area (Å²) in [7, 11) is 0. The number of carboxylic acids is 1. The molecule has 1 fully saturated rings. The number of hydrogen-bond acceptors (Lipinski definition) is 6. The Kier molecular flexibility index (Phi) is 6.87. The molecule has 1 aliphatic rings. The zero-order chi connectivity index (χ0) is 17.4. The third-order valence-corrected chi connectivity index (χ3v) is 3.87. The lowest BCUT2D eigenvalue weighted by molar-refractivity contribution is -0.165. The number of para-hydroxylation sites is 2. The molecule has 0 aliphatic carbocycles. The van der Waals surface area contributed by atoms with Crippen LogP contribution in [0.1, 0.15) is 26.2 Å². The number of ether oxygens (including phenoxy) is 3. The number of piperidine rings is 1. The van der Waals surface area contributed by atoms with Gasteiger partial charge in [-0.15, -0.1) is 0 Å². The minimum Gasteiger partial charge on any atom is -0.490 e. The molecule has 0 saturated carbocycles. The van der Waals surface area contributed by atoms with Crippen LogP contribution in [0.25, 0.3) is 0 Å². The first-order valence-electron chi connectivity index (χ1n) is 8.10. The smallest absolute Gasteiger partial charge is 0.417 e. The van der Waals surface area contributed by atoms with Gasteiger partial charge in [0, 0.05) is 12.6 Å². The van der Waals surface area contributed by atoms with Crippen LogP contribution < -0.4 is 9.47 Å². The third-order valence-electron chi connectivity index (χ3n) is 3.87. The molecule has 0 spiro atoms. The van der Waals surface area contributed by atoms with Gasteiger partial charge in [0.25, 0.3) is 0 Å². The van der Waals surface area contributed by atoms with Crippen LogP contribution in [0.3, 0.4) is 0 Å². The Morgan fingerprint density at radius 1 is 1.21 bits per heavy atom. The summed E-state index contributed by atoms with van der Waals surface area (Å²) in [5, 5.41) is 8.58. The zero-order valence-electron chi connectivity index (χ0n) is 13.8. The number of nitrogens with zero attached hydrogens (tertiary/aromatic N) is 1. The Morgan fingerprint density at radius 3 is 2.58 bits per heavy atom. The van der Waals surface area contributed by atoms with E-state index in [2.05, 4.69) is 4.90 Å². The summed E-state index contributed by atoms with van der Waals surface area (Å²) in [4.78, 5) is 23.7. The number of rotatable bonds is 7. The van der Waals surface area contributed by atoms with E-state index in [0.29, 0.717) is 24.8 Å². The highest BCUT2D eigenvalue weighted by atomic mass is 16.6. The van der Waals surface area contributed by atoms with E-state index in [0.717, 1.165) is 25.8 Å². The van der Waals surface area contributed by atoms with Crippen molar-refractivity contribution in [1.29, 1.82) is 0 Å². The van der Waals surface area contributed by atoms with Gasteiger partial charge < -0.3 is 19.3 Å². The number of esters is 1. The molecular weight excluding hydrogens is 314 g/mol. The van der Waals surface area contributed by atoms with E-state index in [1.165, 1.54) is 0 Å². The van der Waals surface area contributed by atoms with Gasteiger partial charge in [-0.2, -0.15) is 0 Å². The zero-order valence-corrected chi connectivity index (χ0v) is 13.8. The van der Waals surface area contributed by atoms with E-state index >= 15 is 0 Å². The normalized spacial score (nSPS) is 18.0. The number of carbonyl (C=O) groups is 2. The van der Waals surface area contributed by atoms with Crippen LogP contribution in [0.4, 0.5) is 0 Å². The third kappa shape index (κ3) is 5.13. The van der Waals surface area contributed by atoms with Crippen LogP contribution in [0, 0.1) is 0 Å². The van der Waals surface area contributed by atoms with Crippen molar-refractivity contribution in [3.05, 3.63) is 24.3 Å². The number of carbonyl (C=O) groups excluding carboxylic acids is 1. The fourth-order valence-corrected chi connectivity index (χ4v) is 2.65. The quantitative estimate of drug-likeness (QED) is 0.601. The molecule has 0 radical (unpaired) electrons. The number of likely N-dealkylation sites (tertiary alicyclic amines) is 1. The van der Waals surface area contributed by atoms with Gasteiger partial charge in [-0.1, -0.05) is 18.6 Å². The molecule has 24 heavy (non-hydrogen) atoms. The van der Waals surface area contributed by atoms with Gasteiger partial charge in [-0.25, -0.2) is 9.59 Å². The summed E-state index contributed by atoms with van der Waals surface area (Å²) in [5.74, 6) is -1.44. The predicted octanol–water partition coefficient (Wildman–Crippen LogP) is 1.90. The van der Waals surface area contributed by atoms with Gasteiger partial charge in [-0.3, -0.25) is 4.90 Å². The molecule has 0 amide bonds. The summed E-state index contributed by atoms with van der Waals surface area (Å²) in [6.45, 7) is 3.67. The molecular formula is C17H23NO6. The standard InChI is InChI=1S/C17H23NO6/c1-2-22-14-8-3-4-9-15(14)24-12-18-10-6-5-7-13(18)11-23-17(21)16(19)20/h3-4,8-9,13H,2,5-7,10-12H2,1H3,(H,19,20). The first-order valence-corrected chi connectivity index (χ1v) is 8.10. The molecule has 0 aromatic heterocycles. The minimum atomic E-state index is -1.57. The monoisotopic (exact) mass is 337 g/mol. The van der Waals surface area contributed by atoms with E-state index in [-0.39, 0.29) is 12.6 Å². The lowest BCUT2D eigenvalue weighted by Gasteiger charge is -2.34. The number of hydrogen-bond donors (Lipinski definition) is 1. The van der Waals surface area contributed by atoms with Gasteiger partial charge in [-0.05, 0) is 31.9 Å². The van der Waals surface area contributed by atoms with E-state index in [1.54, 1.807) is 0 Å². The average molecular weight is 337 g/mol. The Morgan fingerprint density at radius 2 is 1.92 bits per heavy atom. The summed E-state index contributed by atoms with van der Waals surface area (Å²) in [6, 6.07) is 7.41. The summed E-state index contributed by atoms with van der Waals surface area (Å²) < 4.78 is 16.2. The SMILES string of the molecule is CCOc1ccccc1OCN1CCCCC1COC(=O)C(=O)O. The van der Waals surface area contributed by atoms with Crippen molar-refractivity contribution in [2.24, 2.45) is 0 Å². The maximum atomic E-state index is 11.1. The van der Waals surface area contributed by atoms with Crippen molar-refractivity contribution in [3.8, 4) is 11.5 Å². The van der Waals surface area contributed by atoms with E-state index in [9.17, 15) is 9.59 Å². The van der Waals surface area contributed by atoms with E-state index in [4.69, 9.17) is 19.3 Å². The average Bonchev–Trinajstić information content (AvgIpc) is 2.59. The summed E-state index contributed by atoms with van der Waals surface area (Å²) in [6.07, 6.45) is 2.88. The van der Waals surface area contributed by atoms with Crippen molar-refractivity contribution in [2.45, 2.75) is 32.2 Å². The van der Waals surface area contributed by atoms with Gasteiger partial charge >= 0.3 is 11.9 Å². The highest BCUT2D eigenvalue weighted by Gasteiger charge is 2.25. The first-order chi connectivity index (χ1) is 11.6. The summed E-state index contributed by atoms with van der Waals surface area (Å²) >= 11 is 0. The maximum Gasteiger partial charge on any atom is 0.417 e. The van der Waals surface area contributed by atoms with Crippen LogP contribution >= 0.6 is 0 Å². The van der Waals surface area contributed by atoms with Gasteiger partial charge in [0.15, 0.2) is 11.5 Å². The molecule has 1 aromatic rings. The Hall–Kier alpha value is -2.28. The van der Waals surface area contributed by atoms with Crippen LogP contribution in [0.2, 0.25) is 0 Å². The number of benzene rings is 1. The fraction of sp³-hybridized carbons (Fsp3) is 0.529. The Labute approximate surface area is 141 Å². The Bertz CT molecular complexity index is 562. The lowest BCUT2D eigenvalue weighted by Crippen LogP contribution is -2.45. The van der Waals surface area contributed by atoms with Crippen molar-refractivity contribution in [2.75, 3.05) is 26.5 Å². The van der Waals surface area contributed by atoms with Gasteiger partial charge in [0.05, 0.1) is 6.61 Å². The molecule has 1 unspecified atom stereocenters. The molecule has 7 heteroatoms. The topological polar surface area (TPSA) is 85.3 Å². The van der Waals surface area contributed by atoms with Gasteiger partial charge in [0.2, 0.25) is 0 Å². The fourth-order valence-electron chi connectivity index (χ4n) is 2.65. The van der Waals surface area contributed by atoms with Crippen molar-refractivity contribution < 1.29 is 28.9 Å². The maximum absolute atomic E-state index is 11.1. The molecule has 1 N–H and O–H groups in total. The van der Waals surface area contributed by atoms with E-state index < -0.39 is 11.9 Å².